The summed E-state index contributed by atoms with van der Waals surface area (Å²) in [5.74, 6) is -0.967. The van der Waals surface area contributed by atoms with E-state index in [0.717, 1.165) is 5.56 Å². The van der Waals surface area contributed by atoms with Crippen LogP contribution in [0, 0.1) is 5.92 Å². The predicted molar refractivity (Wildman–Crippen MR) is 133 cm³/mol. The van der Waals surface area contributed by atoms with E-state index in [2.05, 4.69) is 0 Å². The number of aliphatic hydroxyl groups is 2. The summed E-state index contributed by atoms with van der Waals surface area (Å²) in [7, 11) is 3.29. The number of carbonyl (C=O) groups is 1. The maximum Gasteiger partial charge on any atom is 0.228 e. The smallest absolute Gasteiger partial charge is 0.228 e. The Morgan fingerprint density at radius 1 is 1.09 bits per heavy atom. The molecule has 1 amide bonds. The van der Waals surface area contributed by atoms with Crippen LogP contribution in [0.25, 0.3) is 0 Å². The molecule has 1 heterocycles. The predicted octanol–water partition coefficient (Wildman–Crippen LogP) is 4.08. The van der Waals surface area contributed by atoms with E-state index < -0.39 is 29.1 Å². The second-order valence-corrected chi connectivity index (χ2v) is 9.73. The van der Waals surface area contributed by atoms with Crippen LogP contribution in [0.3, 0.4) is 0 Å². The van der Waals surface area contributed by atoms with E-state index in [1.807, 2.05) is 37.3 Å². The number of ether oxygens (including phenoxy) is 2. The molecule has 0 unspecified atom stereocenters. The highest BCUT2D eigenvalue weighted by molar-refractivity contribution is 6.30. The molecule has 7 heteroatoms. The number of hydrogen-bond donors (Lipinski definition) is 2. The molecule has 5 rings (SSSR count). The maximum atomic E-state index is 13.5. The van der Waals surface area contributed by atoms with Crippen molar-refractivity contribution in [2.45, 2.75) is 30.1 Å². The number of rotatable bonds is 5. The van der Waals surface area contributed by atoms with Crippen LogP contribution in [0.15, 0.2) is 72.8 Å². The first-order valence-corrected chi connectivity index (χ1v) is 12.0. The zero-order valence-electron chi connectivity index (χ0n) is 19.8. The van der Waals surface area contributed by atoms with Crippen molar-refractivity contribution in [2.75, 3.05) is 20.7 Å². The molecule has 0 bridgehead atoms. The molecule has 2 N–H and O–H groups in total. The average Bonchev–Trinajstić information content (AvgIpc) is 3.22. The Hall–Kier alpha value is -3.06. The molecule has 3 aromatic carbocycles. The van der Waals surface area contributed by atoms with Crippen molar-refractivity contribution >= 4 is 17.5 Å². The number of benzene rings is 3. The molecular formula is C28H28ClNO5. The number of hydrogen-bond acceptors (Lipinski definition) is 5. The minimum absolute atomic E-state index is 0.293. The summed E-state index contributed by atoms with van der Waals surface area (Å²) in [5.41, 5.74) is -1.62. The third-order valence-electron chi connectivity index (χ3n) is 7.23. The second-order valence-electron chi connectivity index (χ2n) is 9.29. The van der Waals surface area contributed by atoms with Gasteiger partial charge in [0.1, 0.15) is 17.6 Å². The van der Waals surface area contributed by atoms with Gasteiger partial charge < -0.3 is 24.6 Å². The summed E-state index contributed by atoms with van der Waals surface area (Å²) < 4.78 is 12.4. The molecule has 1 saturated carbocycles. The Kier molecular flexibility index (Phi) is 5.79. The van der Waals surface area contributed by atoms with Gasteiger partial charge in [-0.3, -0.25) is 4.79 Å². The van der Waals surface area contributed by atoms with Crippen LogP contribution < -0.4 is 9.47 Å². The molecule has 1 aliphatic carbocycles. The van der Waals surface area contributed by atoms with Crippen LogP contribution in [-0.2, 0) is 16.0 Å². The summed E-state index contributed by atoms with van der Waals surface area (Å²) in [6.07, 6.45) is -1.45. The number of carbonyl (C=O) groups excluding carboxylic acids is 1. The first kappa shape index (κ1) is 23.7. The molecule has 1 fully saturated rings. The molecule has 0 radical (unpaired) electrons. The van der Waals surface area contributed by atoms with E-state index in [0.29, 0.717) is 34.3 Å². The van der Waals surface area contributed by atoms with Gasteiger partial charge in [0.05, 0.1) is 12.5 Å². The number of fused-ring (bicyclic) bond motifs is 3. The number of aliphatic hydroxyl groups excluding tert-OH is 1. The Bertz CT molecular complexity index is 1250. The lowest BCUT2D eigenvalue weighted by atomic mass is 9.70. The van der Waals surface area contributed by atoms with Gasteiger partial charge in [-0.1, -0.05) is 54.1 Å². The van der Waals surface area contributed by atoms with Gasteiger partial charge in [0.25, 0.3) is 0 Å². The summed E-state index contributed by atoms with van der Waals surface area (Å²) in [6, 6.07) is 21.6. The number of nitrogens with zero attached hydrogens (tertiary/aromatic N) is 1. The van der Waals surface area contributed by atoms with Gasteiger partial charge >= 0.3 is 0 Å². The van der Waals surface area contributed by atoms with Crippen LogP contribution >= 0.6 is 11.6 Å². The summed E-state index contributed by atoms with van der Waals surface area (Å²) in [6.45, 7) is 2.36. The molecule has 6 nitrogen and oxygen atoms in total. The lowest BCUT2D eigenvalue weighted by Crippen LogP contribution is -2.52. The quantitative estimate of drug-likeness (QED) is 0.560. The first-order valence-electron chi connectivity index (χ1n) is 11.6. The molecule has 0 saturated heterocycles. The lowest BCUT2D eigenvalue weighted by Gasteiger charge is -2.40. The van der Waals surface area contributed by atoms with Gasteiger partial charge in [-0.05, 0) is 42.3 Å². The third kappa shape index (κ3) is 3.28. The third-order valence-corrected chi connectivity index (χ3v) is 7.49. The number of halogens is 1. The fourth-order valence-corrected chi connectivity index (χ4v) is 5.94. The largest absolute Gasteiger partial charge is 0.494 e. The summed E-state index contributed by atoms with van der Waals surface area (Å²) >= 11 is 6.21. The standard InChI is InChI=1S/C28H28ClNO5/c1-4-34-20-14-15-21-22(16-20)35-28(18-10-12-19(29)13-11-18)24(17-8-6-5-7-9-17)23(26(32)30(2)3)25(31)27(21,28)33/h5-16,23-25,31,33H,4H2,1-3H3/t23-,24-,25-,27+,28+/m1/s1. The Labute approximate surface area is 209 Å². The van der Waals surface area contributed by atoms with Crippen molar-refractivity contribution in [3.63, 3.8) is 0 Å². The van der Waals surface area contributed by atoms with Gasteiger partial charge in [0.15, 0.2) is 11.2 Å². The van der Waals surface area contributed by atoms with E-state index in [9.17, 15) is 15.0 Å². The van der Waals surface area contributed by atoms with Crippen LogP contribution in [0.5, 0.6) is 11.5 Å². The van der Waals surface area contributed by atoms with Crippen LogP contribution in [0.1, 0.15) is 29.5 Å². The van der Waals surface area contributed by atoms with E-state index >= 15 is 0 Å². The molecule has 5 atom stereocenters. The minimum Gasteiger partial charge on any atom is -0.494 e. The van der Waals surface area contributed by atoms with Gasteiger partial charge in [-0.25, -0.2) is 0 Å². The van der Waals surface area contributed by atoms with Gasteiger partial charge in [-0.15, -0.1) is 0 Å². The SMILES string of the molecule is CCOc1ccc2c(c1)O[C@@]1(c3ccc(Cl)cc3)[C@H](c3ccccc3)[C@@H](C(=O)N(C)C)[C@@H](O)[C@@]21O. The molecule has 0 spiro atoms. The van der Waals surface area contributed by atoms with Crippen molar-refractivity contribution in [1.82, 2.24) is 4.90 Å². The highest BCUT2D eigenvalue weighted by Crippen LogP contribution is 2.68. The second kappa shape index (κ2) is 8.55. The van der Waals surface area contributed by atoms with Crippen LogP contribution in [0.2, 0.25) is 5.02 Å². The van der Waals surface area contributed by atoms with E-state index in [4.69, 9.17) is 21.1 Å². The Morgan fingerprint density at radius 3 is 2.40 bits per heavy atom. The van der Waals surface area contributed by atoms with Gasteiger partial charge in [-0.2, -0.15) is 0 Å². The average molecular weight is 494 g/mol. The topological polar surface area (TPSA) is 79.2 Å². The molecule has 3 aromatic rings. The first-order chi connectivity index (χ1) is 16.8. The lowest BCUT2D eigenvalue weighted by molar-refractivity contribution is -0.155. The molecule has 35 heavy (non-hydrogen) atoms. The van der Waals surface area contributed by atoms with Crippen molar-refractivity contribution < 1.29 is 24.5 Å². The monoisotopic (exact) mass is 493 g/mol. The fraction of sp³-hybridized carbons (Fsp3) is 0.321. The van der Waals surface area contributed by atoms with E-state index in [1.165, 1.54) is 4.90 Å². The molecular weight excluding hydrogens is 466 g/mol. The molecule has 0 aromatic heterocycles. The zero-order valence-corrected chi connectivity index (χ0v) is 20.6. The van der Waals surface area contributed by atoms with Crippen molar-refractivity contribution in [2.24, 2.45) is 5.92 Å². The molecule has 2 aliphatic rings. The van der Waals surface area contributed by atoms with Gasteiger partial charge in [0, 0.05) is 36.7 Å². The van der Waals surface area contributed by atoms with Crippen LogP contribution in [0.4, 0.5) is 0 Å². The summed E-state index contributed by atoms with van der Waals surface area (Å²) in [4.78, 5) is 15.0. The molecule has 1 aliphatic heterocycles. The van der Waals surface area contributed by atoms with Crippen LogP contribution in [-0.4, -0.2) is 47.8 Å². The minimum atomic E-state index is -1.92. The van der Waals surface area contributed by atoms with Crippen molar-refractivity contribution in [1.29, 1.82) is 0 Å². The zero-order chi connectivity index (χ0) is 25.0. The fourth-order valence-electron chi connectivity index (χ4n) is 5.82. The van der Waals surface area contributed by atoms with Crippen molar-refractivity contribution in [3.8, 4) is 11.5 Å². The summed E-state index contributed by atoms with van der Waals surface area (Å²) in [5, 5.41) is 24.9. The normalized spacial score (nSPS) is 28.7. The van der Waals surface area contributed by atoms with E-state index in [1.54, 1.807) is 56.6 Å². The Morgan fingerprint density at radius 2 is 1.77 bits per heavy atom. The Balaban J connectivity index is 1.83. The highest BCUT2D eigenvalue weighted by atomic mass is 35.5. The van der Waals surface area contributed by atoms with Gasteiger partial charge in [0.2, 0.25) is 5.91 Å². The highest BCUT2D eigenvalue weighted by Gasteiger charge is 2.77. The molecule has 182 valence electrons. The number of amides is 1. The maximum absolute atomic E-state index is 13.5. The van der Waals surface area contributed by atoms with Crippen molar-refractivity contribution in [3.05, 3.63) is 94.5 Å². The van der Waals surface area contributed by atoms with E-state index in [-0.39, 0.29) is 5.91 Å².